The van der Waals surface area contributed by atoms with Gasteiger partial charge in [-0.15, -0.1) is 0 Å². The van der Waals surface area contributed by atoms with E-state index < -0.39 is 0 Å². The van der Waals surface area contributed by atoms with Gasteiger partial charge in [-0.3, -0.25) is 0 Å². The van der Waals surface area contributed by atoms with Crippen molar-refractivity contribution in [1.29, 1.82) is 0 Å². The molecule has 0 aromatic carbocycles. The Balaban J connectivity index is 1.64. The van der Waals surface area contributed by atoms with Crippen LogP contribution in [0, 0.1) is 0 Å². The van der Waals surface area contributed by atoms with Crippen LogP contribution in [0.1, 0.15) is 25.7 Å². The minimum Gasteiger partial charge on any atom is -0.498 e. The highest BCUT2D eigenvalue weighted by Gasteiger charge is 2.16. The third kappa shape index (κ3) is 2.59. The first-order valence-corrected chi connectivity index (χ1v) is 5.02. The van der Waals surface area contributed by atoms with Crippen molar-refractivity contribution < 1.29 is 9.47 Å². The second-order valence-corrected chi connectivity index (χ2v) is 3.61. The molecule has 72 valence electrons. The molecule has 2 rings (SSSR count). The van der Waals surface area contributed by atoms with Crippen molar-refractivity contribution in [2.24, 2.45) is 0 Å². The molecule has 0 aromatic rings. The van der Waals surface area contributed by atoms with Crippen LogP contribution in [0.4, 0.5) is 0 Å². The van der Waals surface area contributed by atoms with Crippen LogP contribution in [-0.4, -0.2) is 18.8 Å². The molecule has 0 bridgehead atoms. The van der Waals surface area contributed by atoms with Gasteiger partial charge in [-0.05, 0) is 25.3 Å². The number of rotatable bonds is 3. The van der Waals surface area contributed by atoms with Crippen LogP contribution < -0.4 is 0 Å². The maximum atomic E-state index is 5.57. The molecular weight excluding hydrogens is 164 g/mol. The summed E-state index contributed by atoms with van der Waals surface area (Å²) >= 11 is 0. The smallest absolute Gasteiger partial charge is 0.101 e. The Morgan fingerprint density at radius 2 is 1.85 bits per heavy atom. The zero-order chi connectivity index (χ0) is 8.93. The average Bonchev–Trinajstić information content (AvgIpc) is 2.69. The lowest BCUT2D eigenvalue weighted by atomic mass is 10.0. The SMILES string of the molecule is C1=CC[C@@H](CC[C@H]2CC=CO2)OC1. The fourth-order valence-electron chi connectivity index (χ4n) is 1.76. The van der Waals surface area contributed by atoms with Gasteiger partial charge in [0.2, 0.25) is 0 Å². The summed E-state index contributed by atoms with van der Waals surface area (Å²) in [5.74, 6) is 0. The molecule has 0 amide bonds. The van der Waals surface area contributed by atoms with Gasteiger partial charge in [-0.25, -0.2) is 0 Å². The summed E-state index contributed by atoms with van der Waals surface area (Å²) in [6, 6.07) is 0. The second-order valence-electron chi connectivity index (χ2n) is 3.61. The first-order valence-electron chi connectivity index (χ1n) is 5.02. The highest BCUT2D eigenvalue weighted by atomic mass is 16.5. The van der Waals surface area contributed by atoms with E-state index in [0.29, 0.717) is 12.2 Å². The first-order chi connectivity index (χ1) is 6.45. The van der Waals surface area contributed by atoms with Crippen LogP contribution in [0.25, 0.3) is 0 Å². The standard InChI is InChI=1S/C11H16O2/c1-2-8-12-10(4-1)6-7-11-5-3-9-13-11/h1-3,9-11H,4-8H2/t10-,11+/m0/s1. The van der Waals surface area contributed by atoms with Gasteiger partial charge < -0.3 is 9.47 Å². The summed E-state index contributed by atoms with van der Waals surface area (Å²) in [7, 11) is 0. The van der Waals surface area contributed by atoms with Gasteiger partial charge in [-0.1, -0.05) is 12.2 Å². The van der Waals surface area contributed by atoms with Crippen molar-refractivity contribution in [1.82, 2.24) is 0 Å². The maximum Gasteiger partial charge on any atom is 0.101 e. The predicted molar refractivity (Wildman–Crippen MR) is 51.4 cm³/mol. The fraction of sp³-hybridized carbons (Fsp3) is 0.636. The van der Waals surface area contributed by atoms with Crippen LogP contribution in [0.5, 0.6) is 0 Å². The molecule has 2 nitrogen and oxygen atoms in total. The third-order valence-corrected chi connectivity index (χ3v) is 2.57. The van der Waals surface area contributed by atoms with E-state index in [2.05, 4.69) is 18.2 Å². The van der Waals surface area contributed by atoms with Crippen LogP contribution in [0.2, 0.25) is 0 Å². The van der Waals surface area contributed by atoms with E-state index in [9.17, 15) is 0 Å². The van der Waals surface area contributed by atoms with Crippen molar-refractivity contribution in [2.75, 3.05) is 6.61 Å². The maximum absolute atomic E-state index is 5.57. The topological polar surface area (TPSA) is 18.5 Å². The van der Waals surface area contributed by atoms with E-state index in [1.54, 1.807) is 0 Å². The largest absolute Gasteiger partial charge is 0.498 e. The Kier molecular flexibility index (Phi) is 3.03. The van der Waals surface area contributed by atoms with Gasteiger partial charge in [0.05, 0.1) is 19.0 Å². The normalized spacial score (nSPS) is 32.0. The molecular formula is C11H16O2. The van der Waals surface area contributed by atoms with Crippen molar-refractivity contribution in [2.45, 2.75) is 37.9 Å². The summed E-state index contributed by atoms with van der Waals surface area (Å²) < 4.78 is 11.0. The van der Waals surface area contributed by atoms with Crippen LogP contribution >= 0.6 is 0 Å². The first kappa shape index (κ1) is 8.82. The van der Waals surface area contributed by atoms with Crippen LogP contribution in [0.15, 0.2) is 24.5 Å². The highest BCUT2D eigenvalue weighted by molar-refractivity contribution is 4.91. The Labute approximate surface area is 79.2 Å². The van der Waals surface area contributed by atoms with Crippen LogP contribution in [0.3, 0.4) is 0 Å². The molecule has 0 aromatic heterocycles. The molecule has 2 aliphatic heterocycles. The second kappa shape index (κ2) is 4.47. The molecule has 0 aliphatic carbocycles. The molecule has 0 saturated heterocycles. The molecule has 2 aliphatic rings. The lowest BCUT2D eigenvalue weighted by molar-refractivity contribution is 0.0473. The molecule has 2 atom stereocenters. The summed E-state index contributed by atoms with van der Waals surface area (Å²) in [6.45, 7) is 0.786. The number of ether oxygens (including phenoxy) is 2. The molecule has 0 radical (unpaired) electrons. The van der Waals surface area contributed by atoms with Gasteiger partial charge in [0.15, 0.2) is 0 Å². The van der Waals surface area contributed by atoms with Crippen molar-refractivity contribution >= 4 is 0 Å². The van der Waals surface area contributed by atoms with E-state index in [1.807, 2.05) is 6.26 Å². The lowest BCUT2D eigenvalue weighted by Gasteiger charge is -2.20. The van der Waals surface area contributed by atoms with Gasteiger partial charge in [-0.2, -0.15) is 0 Å². The monoisotopic (exact) mass is 180 g/mol. The van der Waals surface area contributed by atoms with Gasteiger partial charge in [0, 0.05) is 6.42 Å². The summed E-state index contributed by atoms with van der Waals surface area (Å²) in [6.07, 6.45) is 13.4. The minimum atomic E-state index is 0.412. The minimum absolute atomic E-state index is 0.412. The molecule has 0 fully saturated rings. The lowest BCUT2D eigenvalue weighted by Crippen LogP contribution is -2.18. The molecule has 2 heterocycles. The molecule has 0 saturated carbocycles. The van der Waals surface area contributed by atoms with E-state index >= 15 is 0 Å². The molecule has 0 N–H and O–H groups in total. The average molecular weight is 180 g/mol. The Morgan fingerprint density at radius 1 is 1.00 bits per heavy atom. The third-order valence-electron chi connectivity index (χ3n) is 2.57. The van der Waals surface area contributed by atoms with Gasteiger partial charge in [0.25, 0.3) is 0 Å². The van der Waals surface area contributed by atoms with Gasteiger partial charge >= 0.3 is 0 Å². The van der Waals surface area contributed by atoms with Gasteiger partial charge in [0.1, 0.15) is 6.10 Å². The molecule has 2 heteroatoms. The Hall–Kier alpha value is -0.760. The van der Waals surface area contributed by atoms with Crippen molar-refractivity contribution in [3.05, 3.63) is 24.5 Å². The molecule has 13 heavy (non-hydrogen) atoms. The summed E-state index contributed by atoms with van der Waals surface area (Å²) in [5.41, 5.74) is 0. The quantitative estimate of drug-likeness (QED) is 0.621. The zero-order valence-electron chi connectivity index (χ0n) is 7.82. The molecule has 0 spiro atoms. The molecule has 0 unspecified atom stereocenters. The summed E-state index contributed by atoms with van der Waals surface area (Å²) in [4.78, 5) is 0. The van der Waals surface area contributed by atoms with E-state index in [-0.39, 0.29) is 0 Å². The van der Waals surface area contributed by atoms with Crippen molar-refractivity contribution in [3.63, 3.8) is 0 Å². The Morgan fingerprint density at radius 3 is 2.54 bits per heavy atom. The van der Waals surface area contributed by atoms with E-state index in [1.165, 1.54) is 0 Å². The Bertz CT molecular complexity index is 200. The van der Waals surface area contributed by atoms with Crippen molar-refractivity contribution in [3.8, 4) is 0 Å². The van der Waals surface area contributed by atoms with E-state index in [4.69, 9.17) is 9.47 Å². The number of hydrogen-bond donors (Lipinski definition) is 0. The zero-order valence-corrected chi connectivity index (χ0v) is 7.82. The predicted octanol–water partition coefficient (Wildman–Crippen LogP) is 2.41. The highest BCUT2D eigenvalue weighted by Crippen LogP contribution is 2.19. The van der Waals surface area contributed by atoms with E-state index in [0.717, 1.165) is 32.3 Å². The fourth-order valence-corrected chi connectivity index (χ4v) is 1.76. The van der Waals surface area contributed by atoms with Crippen LogP contribution in [-0.2, 0) is 9.47 Å². The number of hydrogen-bond acceptors (Lipinski definition) is 2. The summed E-state index contributed by atoms with van der Waals surface area (Å²) in [5, 5.41) is 0.